The van der Waals surface area contributed by atoms with E-state index in [2.05, 4.69) is 111 Å². The zero-order valence-electron chi connectivity index (χ0n) is 22.0. The lowest BCUT2D eigenvalue weighted by molar-refractivity contribution is 0.737. The standard InChI is InChI=1S/C12H18.C9H12.C4H10.2C2H6/c1-9(2)11-5-7-12(8-6-11)10(3)4;1-8(2)9-6-4-3-5-7-9;1-4(2)3;2*1-2/h5-10H,1-4H3;3-8H,1-2H3;4H,1-3H3;2*1-2H3. The molecule has 168 valence electrons. The van der Waals surface area contributed by atoms with Gasteiger partial charge in [-0.25, -0.2) is 0 Å². The van der Waals surface area contributed by atoms with Crippen LogP contribution in [-0.4, -0.2) is 0 Å². The maximum absolute atomic E-state index is 2.24. The summed E-state index contributed by atoms with van der Waals surface area (Å²) >= 11 is 0. The third kappa shape index (κ3) is 19.5. The molecule has 0 aliphatic heterocycles. The molecule has 2 aromatic rings. The molecule has 0 heteroatoms. The molecule has 0 fully saturated rings. The van der Waals surface area contributed by atoms with Gasteiger partial charge < -0.3 is 0 Å². The van der Waals surface area contributed by atoms with Gasteiger partial charge in [0.2, 0.25) is 0 Å². The van der Waals surface area contributed by atoms with E-state index in [0.717, 1.165) is 5.92 Å². The van der Waals surface area contributed by atoms with Crippen molar-refractivity contribution >= 4 is 0 Å². The van der Waals surface area contributed by atoms with E-state index in [1.807, 2.05) is 33.8 Å². The van der Waals surface area contributed by atoms with Crippen molar-refractivity contribution in [2.24, 2.45) is 5.92 Å². The Morgan fingerprint density at radius 3 is 0.759 bits per heavy atom. The van der Waals surface area contributed by atoms with Gasteiger partial charge in [0.05, 0.1) is 0 Å². The first-order chi connectivity index (χ1) is 13.6. The summed E-state index contributed by atoms with van der Waals surface area (Å²) in [5.74, 6) is 2.78. The first-order valence-electron chi connectivity index (χ1n) is 11.8. The summed E-state index contributed by atoms with van der Waals surface area (Å²) in [5, 5.41) is 0. The van der Waals surface area contributed by atoms with Crippen LogP contribution in [-0.2, 0) is 0 Å². The third-order valence-electron chi connectivity index (χ3n) is 3.74. The summed E-state index contributed by atoms with van der Waals surface area (Å²) < 4.78 is 0. The Morgan fingerprint density at radius 2 is 0.586 bits per heavy atom. The summed E-state index contributed by atoms with van der Waals surface area (Å²) in [6.45, 7) is 27.8. The van der Waals surface area contributed by atoms with Crippen molar-refractivity contribution < 1.29 is 0 Å². The van der Waals surface area contributed by atoms with Crippen LogP contribution in [0.2, 0.25) is 0 Å². The highest BCUT2D eigenvalue weighted by Crippen LogP contribution is 2.19. The van der Waals surface area contributed by atoms with Gasteiger partial charge in [-0.3, -0.25) is 0 Å². The molecule has 0 aromatic heterocycles. The molecule has 0 unspecified atom stereocenters. The lowest BCUT2D eigenvalue weighted by atomic mass is 9.97. The molecular formula is C29H52. The average Bonchev–Trinajstić information content (AvgIpc) is 2.72. The lowest BCUT2D eigenvalue weighted by Crippen LogP contribution is -1.90. The minimum absolute atomic E-state index is 0.645. The number of benzene rings is 2. The molecule has 29 heavy (non-hydrogen) atoms. The quantitative estimate of drug-likeness (QED) is 0.480. The van der Waals surface area contributed by atoms with Gasteiger partial charge in [0.25, 0.3) is 0 Å². The number of hydrogen-bond acceptors (Lipinski definition) is 0. The van der Waals surface area contributed by atoms with Crippen molar-refractivity contribution in [3.8, 4) is 0 Å². The Hall–Kier alpha value is -1.56. The largest absolute Gasteiger partial charge is 0.0683 e. The zero-order chi connectivity index (χ0) is 23.4. The summed E-state index contributed by atoms with van der Waals surface area (Å²) in [5.41, 5.74) is 4.27. The highest BCUT2D eigenvalue weighted by molar-refractivity contribution is 5.26. The summed E-state index contributed by atoms with van der Waals surface area (Å²) in [7, 11) is 0. The Kier molecular flexibility index (Phi) is 23.4. The molecule has 0 radical (unpaired) electrons. The van der Waals surface area contributed by atoms with E-state index in [1.54, 1.807) is 0 Å². The Morgan fingerprint density at radius 1 is 0.379 bits per heavy atom. The number of rotatable bonds is 3. The summed E-state index contributed by atoms with van der Waals surface area (Å²) in [4.78, 5) is 0. The minimum Gasteiger partial charge on any atom is -0.0683 e. The summed E-state index contributed by atoms with van der Waals surface area (Å²) in [6, 6.07) is 19.5. The molecule has 0 N–H and O–H groups in total. The van der Waals surface area contributed by atoms with Crippen LogP contribution in [0.4, 0.5) is 0 Å². The first-order valence-corrected chi connectivity index (χ1v) is 11.8. The molecular weight excluding hydrogens is 348 g/mol. The fourth-order valence-corrected chi connectivity index (χ4v) is 2.10. The van der Waals surface area contributed by atoms with E-state index in [4.69, 9.17) is 0 Å². The van der Waals surface area contributed by atoms with E-state index in [9.17, 15) is 0 Å². The van der Waals surface area contributed by atoms with E-state index in [-0.39, 0.29) is 0 Å². The van der Waals surface area contributed by atoms with Gasteiger partial charge in [0.1, 0.15) is 0 Å². The maximum Gasteiger partial charge on any atom is -0.0219 e. The van der Waals surface area contributed by atoms with Crippen molar-refractivity contribution in [1.82, 2.24) is 0 Å². The maximum atomic E-state index is 2.24. The second-order valence-electron chi connectivity index (χ2n) is 8.27. The van der Waals surface area contributed by atoms with Crippen LogP contribution in [0.25, 0.3) is 0 Å². The van der Waals surface area contributed by atoms with Crippen molar-refractivity contribution in [2.75, 3.05) is 0 Å². The van der Waals surface area contributed by atoms with E-state index in [1.165, 1.54) is 16.7 Å². The molecule has 2 rings (SSSR count). The first kappa shape index (κ1) is 32.1. The van der Waals surface area contributed by atoms with Crippen LogP contribution in [0, 0.1) is 5.92 Å². The Bertz CT molecular complexity index is 500. The van der Waals surface area contributed by atoms with Crippen LogP contribution in [0.15, 0.2) is 54.6 Å². The van der Waals surface area contributed by atoms with Gasteiger partial charge in [-0.15, -0.1) is 0 Å². The van der Waals surface area contributed by atoms with Crippen LogP contribution >= 0.6 is 0 Å². The SMILES string of the molecule is CC.CC.CC(C)C.CC(C)c1ccc(C(C)C)cc1.CC(C)c1ccccc1. The monoisotopic (exact) mass is 400 g/mol. The van der Waals surface area contributed by atoms with Crippen LogP contribution in [0.1, 0.15) is 124 Å². The smallest absolute Gasteiger partial charge is 0.0219 e. The second kappa shape index (κ2) is 21.2. The van der Waals surface area contributed by atoms with E-state index < -0.39 is 0 Å². The van der Waals surface area contributed by atoms with Gasteiger partial charge in [0, 0.05) is 0 Å². The molecule has 0 heterocycles. The minimum atomic E-state index is 0.645. The zero-order valence-corrected chi connectivity index (χ0v) is 22.0. The fourth-order valence-electron chi connectivity index (χ4n) is 2.10. The molecule has 0 amide bonds. The van der Waals surface area contributed by atoms with Gasteiger partial charge in [-0.1, -0.05) is 145 Å². The molecule has 0 bridgehead atoms. The molecule has 0 aliphatic carbocycles. The highest BCUT2D eigenvalue weighted by atomic mass is 14.1. The molecule has 0 saturated heterocycles. The predicted octanol–water partition coefficient (Wildman–Crippen LogP) is 10.5. The van der Waals surface area contributed by atoms with Gasteiger partial charge in [0.15, 0.2) is 0 Å². The Labute approximate surface area is 185 Å². The van der Waals surface area contributed by atoms with Crippen LogP contribution in [0.3, 0.4) is 0 Å². The van der Waals surface area contributed by atoms with Gasteiger partial charge in [-0.05, 0) is 40.4 Å². The van der Waals surface area contributed by atoms with Crippen LogP contribution < -0.4 is 0 Å². The summed E-state index contributed by atoms with van der Waals surface area (Å²) in [6.07, 6.45) is 0. The highest BCUT2D eigenvalue weighted by Gasteiger charge is 2.00. The van der Waals surface area contributed by atoms with E-state index >= 15 is 0 Å². The molecule has 0 saturated carbocycles. The molecule has 0 aliphatic rings. The molecule has 0 atom stereocenters. The second-order valence-corrected chi connectivity index (χ2v) is 8.27. The van der Waals surface area contributed by atoms with Crippen molar-refractivity contribution in [3.63, 3.8) is 0 Å². The fraction of sp³-hybridized carbons (Fsp3) is 0.586. The van der Waals surface area contributed by atoms with Gasteiger partial charge in [-0.2, -0.15) is 0 Å². The lowest BCUT2D eigenvalue weighted by Gasteiger charge is -2.08. The normalized spacial score (nSPS) is 9.41. The third-order valence-corrected chi connectivity index (χ3v) is 3.74. The molecule has 2 aromatic carbocycles. The van der Waals surface area contributed by atoms with E-state index in [0.29, 0.717) is 17.8 Å². The average molecular weight is 401 g/mol. The molecule has 0 spiro atoms. The van der Waals surface area contributed by atoms with Gasteiger partial charge >= 0.3 is 0 Å². The number of hydrogen-bond donors (Lipinski definition) is 0. The van der Waals surface area contributed by atoms with Crippen LogP contribution in [0.5, 0.6) is 0 Å². The van der Waals surface area contributed by atoms with Crippen molar-refractivity contribution in [3.05, 3.63) is 71.3 Å². The Balaban J connectivity index is -0.000000351. The van der Waals surface area contributed by atoms with Crippen molar-refractivity contribution in [2.45, 2.75) is 108 Å². The molecule has 0 nitrogen and oxygen atoms in total. The topological polar surface area (TPSA) is 0 Å². The van der Waals surface area contributed by atoms with Crippen molar-refractivity contribution in [1.29, 1.82) is 0 Å². The predicted molar refractivity (Wildman–Crippen MR) is 138 cm³/mol.